The van der Waals surface area contributed by atoms with E-state index in [0.29, 0.717) is 12.2 Å². The Morgan fingerprint density at radius 2 is 1.89 bits per heavy atom. The molecule has 10 heteroatoms. The third-order valence-electron chi connectivity index (χ3n) is 3.94. The fourth-order valence-electron chi connectivity index (χ4n) is 2.53. The molecule has 2 N–H and O–H groups in total. The number of aryl methyl sites for hydroxylation is 1. The lowest BCUT2D eigenvalue weighted by molar-refractivity contribution is -0.137. The summed E-state index contributed by atoms with van der Waals surface area (Å²) in [5.74, 6) is -0.252. The first-order chi connectivity index (χ1) is 12.8. The topological polar surface area (TPSA) is 80.5 Å². The molecule has 0 radical (unpaired) electrons. The van der Waals surface area contributed by atoms with Crippen LogP contribution in [0.2, 0.25) is 0 Å². The van der Waals surface area contributed by atoms with Crippen molar-refractivity contribution in [1.29, 1.82) is 0 Å². The van der Waals surface area contributed by atoms with Gasteiger partial charge in [0.05, 0.1) is 29.8 Å². The third-order valence-corrected chi connectivity index (χ3v) is 3.94. The molecule has 0 spiro atoms. The first-order valence-corrected chi connectivity index (χ1v) is 8.12. The molecule has 0 aromatic carbocycles. The average Bonchev–Trinajstić information content (AvgIpc) is 2.94. The van der Waals surface area contributed by atoms with Crippen molar-refractivity contribution in [1.82, 2.24) is 24.7 Å². The van der Waals surface area contributed by atoms with Crippen molar-refractivity contribution in [3.05, 3.63) is 53.2 Å². The lowest BCUT2D eigenvalue weighted by Crippen LogP contribution is -2.12. The number of hydrogen-bond acceptors (Lipinski definition) is 6. The number of aromatic nitrogens is 5. The van der Waals surface area contributed by atoms with Crippen molar-refractivity contribution in [2.24, 2.45) is 0 Å². The van der Waals surface area contributed by atoms with E-state index in [9.17, 15) is 13.2 Å². The maximum atomic E-state index is 12.9. The van der Waals surface area contributed by atoms with Gasteiger partial charge in [-0.1, -0.05) is 6.07 Å². The van der Waals surface area contributed by atoms with Crippen LogP contribution in [-0.4, -0.2) is 31.8 Å². The number of nitrogens with one attached hydrogen (secondary N) is 2. The Labute approximate surface area is 153 Å². The monoisotopic (exact) mass is 377 g/mol. The molecule has 7 nitrogen and oxygen atoms in total. The second kappa shape index (κ2) is 7.22. The predicted octanol–water partition coefficient (Wildman–Crippen LogP) is 3.54. The van der Waals surface area contributed by atoms with Gasteiger partial charge in [-0.05, 0) is 26.0 Å². The number of nitrogens with zero attached hydrogens (tertiary/aromatic N) is 5. The van der Waals surface area contributed by atoms with Crippen LogP contribution in [0.1, 0.15) is 22.6 Å². The zero-order valence-corrected chi connectivity index (χ0v) is 15.0. The van der Waals surface area contributed by atoms with Gasteiger partial charge >= 0.3 is 6.18 Å². The number of halogens is 3. The van der Waals surface area contributed by atoms with Crippen molar-refractivity contribution in [2.75, 3.05) is 17.7 Å². The molecule has 0 aliphatic heterocycles. The van der Waals surface area contributed by atoms with E-state index in [0.717, 1.165) is 23.3 Å². The number of rotatable bonds is 5. The van der Waals surface area contributed by atoms with E-state index < -0.39 is 11.7 Å². The van der Waals surface area contributed by atoms with Gasteiger partial charge in [0.1, 0.15) is 11.4 Å². The lowest BCUT2D eigenvalue weighted by atomic mass is 10.3. The molecular formula is C17H18F3N7. The molecule has 0 bridgehead atoms. The summed E-state index contributed by atoms with van der Waals surface area (Å²) in [5, 5.41) is 9.65. The van der Waals surface area contributed by atoms with Gasteiger partial charge in [-0.2, -0.15) is 23.3 Å². The van der Waals surface area contributed by atoms with E-state index in [-0.39, 0.29) is 11.8 Å². The van der Waals surface area contributed by atoms with Crippen LogP contribution in [0.3, 0.4) is 0 Å². The molecule has 0 fully saturated rings. The molecule has 3 aromatic rings. The molecule has 0 atom stereocenters. The average molecular weight is 377 g/mol. The smallest absolute Gasteiger partial charge is 0.372 e. The Balaban J connectivity index is 1.82. The molecule has 3 aromatic heterocycles. The van der Waals surface area contributed by atoms with E-state index in [1.54, 1.807) is 10.9 Å². The summed E-state index contributed by atoms with van der Waals surface area (Å²) in [6, 6.07) is 5.73. The van der Waals surface area contributed by atoms with Crippen LogP contribution in [0.4, 0.5) is 30.6 Å². The Hall–Kier alpha value is -3.17. The summed E-state index contributed by atoms with van der Waals surface area (Å²) in [6.07, 6.45) is -2.21. The van der Waals surface area contributed by atoms with E-state index in [2.05, 4.69) is 30.7 Å². The zero-order valence-electron chi connectivity index (χ0n) is 15.0. The highest BCUT2D eigenvalue weighted by Gasteiger charge is 2.35. The predicted molar refractivity (Wildman–Crippen MR) is 94.9 cm³/mol. The van der Waals surface area contributed by atoms with Gasteiger partial charge in [-0.25, -0.2) is 4.98 Å². The summed E-state index contributed by atoms with van der Waals surface area (Å²) in [6.45, 7) is 4.23. The summed E-state index contributed by atoms with van der Waals surface area (Å²) in [5.41, 5.74) is 2.23. The summed E-state index contributed by atoms with van der Waals surface area (Å²) in [7, 11) is 1.37. The highest BCUT2D eigenvalue weighted by molar-refractivity contribution is 5.58. The fraction of sp³-hybridized carbons (Fsp3) is 0.294. The van der Waals surface area contributed by atoms with Gasteiger partial charge in [-0.15, -0.1) is 0 Å². The Kier molecular flexibility index (Phi) is 4.98. The van der Waals surface area contributed by atoms with Crippen LogP contribution < -0.4 is 10.6 Å². The molecule has 0 saturated heterocycles. The number of alkyl halides is 3. The van der Waals surface area contributed by atoms with Gasteiger partial charge < -0.3 is 10.6 Å². The first kappa shape index (κ1) is 18.6. The molecule has 27 heavy (non-hydrogen) atoms. The van der Waals surface area contributed by atoms with Crippen LogP contribution in [0.15, 0.2) is 30.6 Å². The highest BCUT2D eigenvalue weighted by Crippen LogP contribution is 2.33. The minimum Gasteiger partial charge on any atom is -0.372 e. The molecule has 0 amide bonds. The van der Waals surface area contributed by atoms with Crippen molar-refractivity contribution in [3.63, 3.8) is 0 Å². The Morgan fingerprint density at radius 3 is 2.56 bits per heavy atom. The van der Waals surface area contributed by atoms with Crippen LogP contribution in [0.5, 0.6) is 0 Å². The van der Waals surface area contributed by atoms with Gasteiger partial charge in [0, 0.05) is 18.9 Å². The highest BCUT2D eigenvalue weighted by atomic mass is 19.4. The summed E-state index contributed by atoms with van der Waals surface area (Å²) in [4.78, 5) is 12.1. The second-order valence-electron chi connectivity index (χ2n) is 5.90. The van der Waals surface area contributed by atoms with Crippen LogP contribution in [0.25, 0.3) is 0 Å². The zero-order chi connectivity index (χ0) is 19.6. The van der Waals surface area contributed by atoms with Crippen molar-refractivity contribution >= 4 is 17.5 Å². The Bertz CT molecular complexity index is 950. The summed E-state index contributed by atoms with van der Waals surface area (Å²) >= 11 is 0. The van der Waals surface area contributed by atoms with E-state index >= 15 is 0 Å². The van der Waals surface area contributed by atoms with E-state index in [1.807, 2.05) is 32.0 Å². The number of anilines is 3. The van der Waals surface area contributed by atoms with Crippen molar-refractivity contribution < 1.29 is 13.2 Å². The third kappa shape index (κ3) is 4.15. The summed E-state index contributed by atoms with van der Waals surface area (Å²) < 4.78 is 40.6. The van der Waals surface area contributed by atoms with Gasteiger partial charge in [0.25, 0.3) is 0 Å². The largest absolute Gasteiger partial charge is 0.421 e. The molecule has 3 heterocycles. The standard InChI is InChI=1S/C17H18F3N7/c1-10-5-4-6-12(24-10)9-27-11(2)14(8-23-27)25-16-22-7-13(17(18,19)20)15(21-3)26-16/h4-8H,9H2,1-3H3,(H2,21,22,25,26). The molecule has 0 saturated carbocycles. The molecular weight excluding hydrogens is 359 g/mol. The molecule has 142 valence electrons. The normalized spacial score (nSPS) is 11.5. The van der Waals surface area contributed by atoms with Gasteiger partial charge in [0.2, 0.25) is 5.95 Å². The fourth-order valence-corrected chi connectivity index (χ4v) is 2.53. The van der Waals surface area contributed by atoms with E-state index in [1.165, 1.54) is 7.05 Å². The lowest BCUT2D eigenvalue weighted by Gasteiger charge is -2.12. The second-order valence-corrected chi connectivity index (χ2v) is 5.90. The SMILES string of the molecule is CNc1nc(Nc2cnn(Cc3cccc(C)n3)c2C)ncc1C(F)(F)F. The molecule has 0 aliphatic rings. The van der Waals surface area contributed by atoms with Crippen molar-refractivity contribution in [2.45, 2.75) is 26.6 Å². The van der Waals surface area contributed by atoms with Crippen LogP contribution in [0, 0.1) is 13.8 Å². The van der Waals surface area contributed by atoms with E-state index in [4.69, 9.17) is 0 Å². The maximum absolute atomic E-state index is 12.9. The first-order valence-electron chi connectivity index (χ1n) is 8.12. The Morgan fingerprint density at radius 1 is 1.11 bits per heavy atom. The van der Waals surface area contributed by atoms with Crippen LogP contribution >= 0.6 is 0 Å². The maximum Gasteiger partial charge on any atom is 0.421 e. The quantitative estimate of drug-likeness (QED) is 0.708. The minimum absolute atomic E-state index is 0.0451. The molecule has 3 rings (SSSR count). The van der Waals surface area contributed by atoms with Gasteiger partial charge in [0.15, 0.2) is 0 Å². The van der Waals surface area contributed by atoms with Gasteiger partial charge in [-0.3, -0.25) is 9.67 Å². The van der Waals surface area contributed by atoms with Crippen LogP contribution in [-0.2, 0) is 12.7 Å². The molecule has 0 unspecified atom stereocenters. The number of pyridine rings is 1. The van der Waals surface area contributed by atoms with Crippen molar-refractivity contribution in [3.8, 4) is 0 Å². The minimum atomic E-state index is -4.53. The number of hydrogen-bond donors (Lipinski definition) is 2. The molecule has 0 aliphatic carbocycles.